The second kappa shape index (κ2) is 9.56. The minimum absolute atomic E-state index is 0.0680. The van der Waals surface area contributed by atoms with Crippen molar-refractivity contribution in [1.29, 1.82) is 0 Å². The summed E-state index contributed by atoms with van der Waals surface area (Å²) in [5.41, 5.74) is 7.67. The summed E-state index contributed by atoms with van der Waals surface area (Å²) in [6.45, 7) is 9.69. The van der Waals surface area contributed by atoms with Gasteiger partial charge in [0.05, 0.1) is 30.3 Å². The van der Waals surface area contributed by atoms with Gasteiger partial charge in [-0.05, 0) is 62.6 Å². The van der Waals surface area contributed by atoms with Gasteiger partial charge in [-0.2, -0.15) is 5.10 Å². The molecule has 1 N–H and O–H groups in total. The van der Waals surface area contributed by atoms with E-state index < -0.39 is 0 Å². The van der Waals surface area contributed by atoms with Crippen LogP contribution in [0.1, 0.15) is 50.8 Å². The molecule has 1 aliphatic heterocycles. The van der Waals surface area contributed by atoms with Crippen LogP contribution in [0.25, 0.3) is 5.57 Å². The van der Waals surface area contributed by atoms with Gasteiger partial charge < -0.3 is 9.64 Å². The number of halogens is 1. The molecule has 31 heavy (non-hydrogen) atoms. The molecule has 0 fully saturated rings. The van der Waals surface area contributed by atoms with Gasteiger partial charge in [0, 0.05) is 23.4 Å². The number of amides is 1. The van der Waals surface area contributed by atoms with Crippen LogP contribution in [0.3, 0.4) is 0 Å². The Morgan fingerprint density at radius 1 is 1.26 bits per heavy atom. The van der Waals surface area contributed by atoms with Gasteiger partial charge in [-0.3, -0.25) is 4.79 Å². The van der Waals surface area contributed by atoms with Gasteiger partial charge >= 0.3 is 0 Å². The van der Waals surface area contributed by atoms with Crippen molar-refractivity contribution < 1.29 is 9.53 Å². The SMILES string of the molecule is CCCN1c2cc(Cl)c(/C=N/NC(=O)Cc3ccc(OC)cc3)cc2C(C)=CC1(C)C. The predicted molar refractivity (Wildman–Crippen MR) is 129 cm³/mol. The Bertz CT molecular complexity index is 1010. The first kappa shape index (κ1) is 22.9. The molecular weight excluding hydrogens is 410 g/mol. The Kier molecular flexibility index (Phi) is 7.06. The maximum absolute atomic E-state index is 12.2. The number of carbonyl (C=O) groups is 1. The van der Waals surface area contributed by atoms with Crippen molar-refractivity contribution >= 4 is 35.0 Å². The minimum atomic E-state index is -0.192. The third-order valence-corrected chi connectivity index (χ3v) is 5.79. The van der Waals surface area contributed by atoms with Gasteiger partial charge in [-0.15, -0.1) is 0 Å². The third-order valence-electron chi connectivity index (χ3n) is 5.46. The molecule has 1 aliphatic rings. The number of methoxy groups -OCH3 is 1. The average molecular weight is 440 g/mol. The van der Waals surface area contributed by atoms with Crippen molar-refractivity contribution in [2.45, 2.75) is 46.1 Å². The molecule has 3 rings (SSSR count). The Balaban J connectivity index is 1.74. The highest BCUT2D eigenvalue weighted by Gasteiger charge is 2.31. The number of nitrogens with one attached hydrogen (secondary N) is 1. The summed E-state index contributed by atoms with van der Waals surface area (Å²) in [6, 6.07) is 11.4. The molecule has 0 aromatic heterocycles. The van der Waals surface area contributed by atoms with Gasteiger partial charge in [0.15, 0.2) is 0 Å². The lowest BCUT2D eigenvalue weighted by Gasteiger charge is -2.43. The summed E-state index contributed by atoms with van der Waals surface area (Å²) in [6.07, 6.45) is 5.18. The van der Waals surface area contributed by atoms with E-state index >= 15 is 0 Å². The van der Waals surface area contributed by atoms with E-state index in [1.807, 2.05) is 36.4 Å². The fraction of sp³-hybridized carbons (Fsp3) is 0.360. The molecule has 1 heterocycles. The van der Waals surface area contributed by atoms with Crippen molar-refractivity contribution in [1.82, 2.24) is 5.43 Å². The van der Waals surface area contributed by atoms with E-state index in [0.717, 1.165) is 41.1 Å². The molecule has 1 amide bonds. The fourth-order valence-electron chi connectivity index (χ4n) is 3.99. The molecule has 0 unspecified atom stereocenters. The second-order valence-electron chi connectivity index (χ2n) is 8.34. The van der Waals surface area contributed by atoms with Gasteiger partial charge in [-0.1, -0.05) is 36.7 Å². The van der Waals surface area contributed by atoms with Crippen LogP contribution in [-0.2, 0) is 11.2 Å². The third kappa shape index (κ3) is 5.28. The highest BCUT2D eigenvalue weighted by molar-refractivity contribution is 6.33. The molecule has 0 aliphatic carbocycles. The molecule has 0 atom stereocenters. The lowest BCUT2D eigenvalue weighted by Crippen LogP contribution is -2.45. The van der Waals surface area contributed by atoms with E-state index in [9.17, 15) is 4.79 Å². The van der Waals surface area contributed by atoms with E-state index in [-0.39, 0.29) is 17.9 Å². The van der Waals surface area contributed by atoms with Crippen molar-refractivity contribution in [2.24, 2.45) is 5.10 Å². The number of hydrogen-bond donors (Lipinski definition) is 1. The Morgan fingerprint density at radius 2 is 1.97 bits per heavy atom. The smallest absolute Gasteiger partial charge is 0.244 e. The minimum Gasteiger partial charge on any atom is -0.497 e. The monoisotopic (exact) mass is 439 g/mol. The summed E-state index contributed by atoms with van der Waals surface area (Å²) in [5.74, 6) is 0.567. The lowest BCUT2D eigenvalue weighted by molar-refractivity contribution is -0.120. The van der Waals surface area contributed by atoms with Gasteiger partial charge in [0.1, 0.15) is 5.75 Å². The van der Waals surface area contributed by atoms with Crippen molar-refractivity contribution in [3.8, 4) is 5.75 Å². The first-order valence-electron chi connectivity index (χ1n) is 10.5. The topological polar surface area (TPSA) is 53.9 Å². The second-order valence-corrected chi connectivity index (χ2v) is 8.75. The zero-order valence-electron chi connectivity index (χ0n) is 18.8. The fourth-order valence-corrected chi connectivity index (χ4v) is 4.19. The van der Waals surface area contributed by atoms with E-state index in [1.54, 1.807) is 13.3 Å². The number of benzene rings is 2. The molecule has 5 nitrogen and oxygen atoms in total. The summed E-state index contributed by atoms with van der Waals surface area (Å²) < 4.78 is 5.13. The molecule has 2 aromatic carbocycles. The van der Waals surface area contributed by atoms with E-state index in [0.29, 0.717) is 5.02 Å². The van der Waals surface area contributed by atoms with Crippen LogP contribution < -0.4 is 15.1 Å². The largest absolute Gasteiger partial charge is 0.497 e. The van der Waals surface area contributed by atoms with Crippen LogP contribution >= 0.6 is 11.6 Å². The number of nitrogens with zero attached hydrogens (tertiary/aromatic N) is 2. The lowest BCUT2D eigenvalue weighted by atomic mass is 9.88. The summed E-state index contributed by atoms with van der Waals surface area (Å²) in [5, 5.41) is 4.73. The van der Waals surface area contributed by atoms with Crippen molar-refractivity contribution in [2.75, 3.05) is 18.6 Å². The maximum Gasteiger partial charge on any atom is 0.244 e. The van der Waals surface area contributed by atoms with Crippen LogP contribution in [0.2, 0.25) is 5.02 Å². The van der Waals surface area contributed by atoms with Gasteiger partial charge in [0.2, 0.25) is 5.91 Å². The van der Waals surface area contributed by atoms with E-state index in [2.05, 4.69) is 49.2 Å². The van der Waals surface area contributed by atoms with Crippen LogP contribution in [0, 0.1) is 0 Å². The Labute approximate surface area is 189 Å². The number of anilines is 1. The predicted octanol–water partition coefficient (Wildman–Crippen LogP) is 5.45. The van der Waals surface area contributed by atoms with Gasteiger partial charge in [0.25, 0.3) is 0 Å². The highest BCUT2D eigenvalue weighted by Crippen LogP contribution is 2.41. The van der Waals surface area contributed by atoms with Crippen LogP contribution in [0.15, 0.2) is 47.6 Å². The summed E-state index contributed by atoms with van der Waals surface area (Å²) in [4.78, 5) is 14.6. The number of rotatable bonds is 7. The quantitative estimate of drug-likeness (QED) is 0.460. The number of allylic oxidation sites excluding steroid dienone is 1. The number of ether oxygens (including phenoxy) is 1. The summed E-state index contributed by atoms with van der Waals surface area (Å²) in [7, 11) is 1.61. The molecule has 0 saturated carbocycles. The normalized spacial score (nSPS) is 14.9. The molecule has 164 valence electrons. The summed E-state index contributed by atoms with van der Waals surface area (Å²) >= 11 is 6.58. The number of hydrogen-bond acceptors (Lipinski definition) is 4. The molecule has 0 saturated heterocycles. The standard InChI is InChI=1S/C25H30ClN3O2/c1-6-11-29-23-14-22(26)19(13-21(23)17(2)15-25(29,3)4)16-27-28-24(30)12-18-7-9-20(31-5)10-8-18/h7-10,13-16H,6,11-12H2,1-5H3,(H,28,30)/b27-16+. The number of hydrazone groups is 1. The Morgan fingerprint density at radius 3 is 2.61 bits per heavy atom. The Hall–Kier alpha value is -2.79. The number of fused-ring (bicyclic) bond motifs is 1. The van der Waals surface area contributed by atoms with Gasteiger partial charge in [-0.25, -0.2) is 5.43 Å². The molecule has 6 heteroatoms. The molecule has 0 bridgehead atoms. The highest BCUT2D eigenvalue weighted by atomic mass is 35.5. The van der Waals surface area contributed by atoms with E-state index in [4.69, 9.17) is 16.3 Å². The van der Waals surface area contributed by atoms with Crippen LogP contribution in [-0.4, -0.2) is 31.3 Å². The van der Waals surface area contributed by atoms with Crippen LogP contribution in [0.4, 0.5) is 5.69 Å². The van der Waals surface area contributed by atoms with Crippen molar-refractivity contribution in [3.63, 3.8) is 0 Å². The van der Waals surface area contributed by atoms with E-state index in [1.165, 1.54) is 5.57 Å². The molecule has 0 radical (unpaired) electrons. The zero-order valence-corrected chi connectivity index (χ0v) is 19.6. The van der Waals surface area contributed by atoms with Crippen molar-refractivity contribution in [3.05, 3.63) is 64.2 Å². The molecular formula is C25H30ClN3O2. The zero-order chi connectivity index (χ0) is 22.6. The van der Waals surface area contributed by atoms with Crippen LogP contribution in [0.5, 0.6) is 5.75 Å². The average Bonchev–Trinajstić information content (AvgIpc) is 2.72. The maximum atomic E-state index is 12.2. The number of carbonyl (C=O) groups excluding carboxylic acids is 1. The molecule has 0 spiro atoms. The first-order chi connectivity index (χ1) is 14.7. The molecule has 2 aromatic rings. The first-order valence-corrected chi connectivity index (χ1v) is 10.9.